The molecule has 0 unspecified atom stereocenters. The fourth-order valence-corrected chi connectivity index (χ4v) is 4.22. The molecule has 0 radical (unpaired) electrons. The highest BCUT2D eigenvalue weighted by atomic mass is 79.9. The minimum absolute atomic E-state index is 0.737. The van der Waals surface area contributed by atoms with Gasteiger partial charge in [0, 0.05) is 68.6 Å². The Morgan fingerprint density at radius 3 is 2.61 bits per heavy atom. The fraction of sp³-hybridized carbons (Fsp3) is 0.400. The van der Waals surface area contributed by atoms with Crippen molar-refractivity contribution in [1.82, 2.24) is 19.3 Å². The zero-order chi connectivity index (χ0) is 18.9. The van der Waals surface area contributed by atoms with Crippen molar-refractivity contribution < 1.29 is 4.74 Å². The molecule has 146 valence electrons. The number of imidazole rings is 1. The second kappa shape index (κ2) is 7.69. The van der Waals surface area contributed by atoms with E-state index in [1.807, 2.05) is 16.8 Å². The maximum absolute atomic E-state index is 5.29. The topological polar surface area (TPSA) is 57.9 Å². The lowest BCUT2D eigenvalue weighted by molar-refractivity contribution is -0.0468. The highest BCUT2D eigenvalue weighted by Gasteiger charge is 2.24. The van der Waals surface area contributed by atoms with Gasteiger partial charge in [-0.1, -0.05) is 0 Å². The number of nitrogens with zero attached hydrogens (tertiary/aromatic N) is 5. The van der Waals surface area contributed by atoms with Crippen molar-refractivity contribution in [2.45, 2.75) is 0 Å². The Morgan fingerprint density at radius 1 is 1.11 bits per heavy atom. The van der Waals surface area contributed by atoms with Crippen molar-refractivity contribution in [2.75, 3.05) is 56.2 Å². The van der Waals surface area contributed by atoms with Crippen LogP contribution in [0, 0.1) is 5.92 Å². The summed E-state index contributed by atoms with van der Waals surface area (Å²) in [6.07, 6.45) is 5.58. The van der Waals surface area contributed by atoms with E-state index in [0.717, 1.165) is 67.1 Å². The van der Waals surface area contributed by atoms with Crippen LogP contribution in [0.1, 0.15) is 0 Å². The number of ether oxygens (including phenoxy) is 1. The van der Waals surface area contributed by atoms with Gasteiger partial charge in [0.2, 0.25) is 0 Å². The van der Waals surface area contributed by atoms with E-state index in [1.54, 1.807) is 6.20 Å². The van der Waals surface area contributed by atoms with Crippen molar-refractivity contribution in [3.8, 4) is 0 Å². The summed E-state index contributed by atoms with van der Waals surface area (Å²) in [5, 5.41) is 3.38. The second-order valence-corrected chi connectivity index (χ2v) is 8.25. The van der Waals surface area contributed by atoms with Crippen molar-refractivity contribution >= 4 is 38.8 Å². The Kier molecular flexibility index (Phi) is 4.92. The standard InChI is InChI=1S/C20H23BrN6O/c21-18-12-27-6-5-22-20(27)19(24-18)23-16-1-3-17(4-2-16)26-9-7-25(8-10-26)11-15-13-28-14-15/h1-6,12,15H,7-11,13-14H2,(H,23,24). The molecule has 0 aliphatic carbocycles. The Hall–Kier alpha value is -2.16. The molecular formula is C20H23BrN6O. The van der Waals surface area contributed by atoms with Crippen molar-refractivity contribution in [2.24, 2.45) is 5.92 Å². The average Bonchev–Trinajstić information content (AvgIpc) is 3.14. The zero-order valence-corrected chi connectivity index (χ0v) is 17.2. The Bertz CT molecular complexity index is 947. The van der Waals surface area contributed by atoms with Crippen LogP contribution in [0.4, 0.5) is 17.2 Å². The smallest absolute Gasteiger partial charge is 0.180 e. The molecule has 2 aliphatic heterocycles. The molecule has 2 aliphatic rings. The third-order valence-electron chi connectivity index (χ3n) is 5.44. The largest absolute Gasteiger partial charge is 0.381 e. The molecule has 5 rings (SSSR count). The van der Waals surface area contributed by atoms with Crippen LogP contribution in [-0.2, 0) is 4.74 Å². The first kappa shape index (κ1) is 17.9. The molecule has 1 aromatic carbocycles. The zero-order valence-electron chi connectivity index (χ0n) is 15.6. The van der Waals surface area contributed by atoms with Crippen LogP contribution in [0.25, 0.3) is 5.65 Å². The van der Waals surface area contributed by atoms with Gasteiger partial charge in [0.1, 0.15) is 4.60 Å². The van der Waals surface area contributed by atoms with Crippen molar-refractivity contribution in [1.29, 1.82) is 0 Å². The molecule has 0 amide bonds. The second-order valence-electron chi connectivity index (χ2n) is 7.43. The molecule has 28 heavy (non-hydrogen) atoms. The molecule has 3 aromatic rings. The van der Waals surface area contributed by atoms with Gasteiger partial charge in [-0.15, -0.1) is 0 Å². The van der Waals surface area contributed by atoms with Crippen LogP contribution in [0.2, 0.25) is 0 Å². The van der Waals surface area contributed by atoms with Crippen LogP contribution in [0.15, 0.2) is 47.5 Å². The van der Waals surface area contributed by atoms with Gasteiger partial charge in [-0.05, 0) is 40.2 Å². The normalized spacial score (nSPS) is 18.4. The number of halogens is 1. The number of aromatic nitrogens is 3. The first-order chi connectivity index (χ1) is 13.7. The minimum atomic E-state index is 0.737. The van der Waals surface area contributed by atoms with Gasteiger partial charge < -0.3 is 19.4 Å². The molecule has 0 saturated carbocycles. The van der Waals surface area contributed by atoms with E-state index < -0.39 is 0 Å². The summed E-state index contributed by atoms with van der Waals surface area (Å²) >= 11 is 3.46. The Labute approximate surface area is 172 Å². The summed E-state index contributed by atoms with van der Waals surface area (Å²) in [5.74, 6) is 1.48. The van der Waals surface area contributed by atoms with E-state index in [4.69, 9.17) is 4.74 Å². The van der Waals surface area contributed by atoms with Gasteiger partial charge in [0.25, 0.3) is 0 Å². The van der Waals surface area contributed by atoms with E-state index in [-0.39, 0.29) is 0 Å². The third-order valence-corrected chi connectivity index (χ3v) is 5.82. The molecule has 7 nitrogen and oxygen atoms in total. The van der Waals surface area contributed by atoms with Gasteiger partial charge in [0.15, 0.2) is 11.5 Å². The monoisotopic (exact) mass is 442 g/mol. The number of hydrogen-bond donors (Lipinski definition) is 1. The van der Waals surface area contributed by atoms with Crippen molar-refractivity contribution in [3.05, 3.63) is 47.5 Å². The summed E-state index contributed by atoms with van der Waals surface area (Å²) < 4.78 is 8.01. The number of piperazine rings is 1. The predicted molar refractivity (Wildman–Crippen MR) is 113 cm³/mol. The maximum Gasteiger partial charge on any atom is 0.180 e. The van der Waals surface area contributed by atoms with Gasteiger partial charge in [-0.2, -0.15) is 0 Å². The van der Waals surface area contributed by atoms with E-state index in [0.29, 0.717) is 0 Å². The maximum atomic E-state index is 5.29. The first-order valence-corrected chi connectivity index (χ1v) is 10.5. The molecule has 2 saturated heterocycles. The van der Waals surface area contributed by atoms with E-state index >= 15 is 0 Å². The average molecular weight is 443 g/mol. The van der Waals surface area contributed by atoms with E-state index in [9.17, 15) is 0 Å². The van der Waals surface area contributed by atoms with E-state index in [2.05, 4.69) is 65.3 Å². The molecule has 0 atom stereocenters. The van der Waals surface area contributed by atoms with Gasteiger partial charge in [-0.3, -0.25) is 4.90 Å². The molecule has 2 aromatic heterocycles. The minimum Gasteiger partial charge on any atom is -0.381 e. The highest BCUT2D eigenvalue weighted by molar-refractivity contribution is 9.10. The number of fused-ring (bicyclic) bond motifs is 1. The SMILES string of the molecule is Brc1cn2ccnc2c(Nc2ccc(N3CCN(CC4COC4)CC3)cc2)n1. The lowest BCUT2D eigenvalue weighted by Gasteiger charge is -2.39. The fourth-order valence-electron chi connectivity index (χ4n) is 3.82. The highest BCUT2D eigenvalue weighted by Crippen LogP contribution is 2.24. The Morgan fingerprint density at radius 2 is 1.89 bits per heavy atom. The summed E-state index contributed by atoms with van der Waals surface area (Å²) in [4.78, 5) is 13.9. The predicted octanol–water partition coefficient (Wildman–Crippen LogP) is 3.00. The quantitative estimate of drug-likeness (QED) is 0.655. The van der Waals surface area contributed by atoms with Crippen molar-refractivity contribution in [3.63, 3.8) is 0 Å². The number of nitrogens with one attached hydrogen (secondary N) is 1. The lowest BCUT2D eigenvalue weighted by atomic mass is 10.1. The molecular weight excluding hydrogens is 420 g/mol. The van der Waals surface area contributed by atoms with Crippen LogP contribution in [0.3, 0.4) is 0 Å². The van der Waals surface area contributed by atoms with Gasteiger partial charge in [-0.25, -0.2) is 9.97 Å². The number of rotatable bonds is 5. The lowest BCUT2D eigenvalue weighted by Crippen LogP contribution is -2.50. The summed E-state index contributed by atoms with van der Waals surface area (Å²) in [5.41, 5.74) is 3.08. The van der Waals surface area contributed by atoms with Crippen LogP contribution in [0.5, 0.6) is 0 Å². The molecule has 0 bridgehead atoms. The molecule has 1 N–H and O–H groups in total. The molecule has 2 fully saturated rings. The Balaban J connectivity index is 1.23. The van der Waals surface area contributed by atoms with Gasteiger partial charge >= 0.3 is 0 Å². The number of benzene rings is 1. The molecule has 8 heteroatoms. The van der Waals surface area contributed by atoms with Crippen LogP contribution >= 0.6 is 15.9 Å². The van der Waals surface area contributed by atoms with Crippen LogP contribution < -0.4 is 10.2 Å². The number of anilines is 3. The first-order valence-electron chi connectivity index (χ1n) is 9.66. The third kappa shape index (κ3) is 3.72. The summed E-state index contributed by atoms with van der Waals surface area (Å²) in [6, 6.07) is 8.57. The number of hydrogen-bond acceptors (Lipinski definition) is 6. The summed E-state index contributed by atoms with van der Waals surface area (Å²) in [7, 11) is 0. The molecule has 0 spiro atoms. The summed E-state index contributed by atoms with van der Waals surface area (Å²) in [6.45, 7) is 7.44. The molecule has 4 heterocycles. The van der Waals surface area contributed by atoms with E-state index in [1.165, 1.54) is 12.2 Å². The van der Waals surface area contributed by atoms with Gasteiger partial charge in [0.05, 0.1) is 13.2 Å². The van der Waals surface area contributed by atoms with Crippen LogP contribution in [-0.4, -0.2) is 65.2 Å².